The van der Waals surface area contributed by atoms with Crippen molar-refractivity contribution in [3.63, 3.8) is 0 Å². The molecule has 7 nitrogen and oxygen atoms in total. The Morgan fingerprint density at radius 2 is 1.80 bits per heavy atom. The lowest BCUT2D eigenvalue weighted by Gasteiger charge is -2.09. The van der Waals surface area contributed by atoms with Crippen molar-refractivity contribution in [3.8, 4) is 11.5 Å². The van der Waals surface area contributed by atoms with Gasteiger partial charge in [-0.25, -0.2) is 9.59 Å². The first-order valence-corrected chi connectivity index (χ1v) is 11.7. The van der Waals surface area contributed by atoms with Crippen LogP contribution < -0.4 is 20.4 Å². The van der Waals surface area contributed by atoms with Crippen molar-refractivity contribution in [2.75, 3.05) is 13.2 Å². The van der Waals surface area contributed by atoms with E-state index in [9.17, 15) is 14.4 Å². The molecule has 0 unspecified atom stereocenters. The Hall–Kier alpha value is -3.91. The lowest BCUT2D eigenvalue weighted by molar-refractivity contribution is -0.136. The van der Waals surface area contributed by atoms with Crippen molar-refractivity contribution in [2.24, 2.45) is 0 Å². The van der Waals surface area contributed by atoms with Crippen molar-refractivity contribution in [3.05, 3.63) is 104 Å². The second-order valence-corrected chi connectivity index (χ2v) is 8.69. The van der Waals surface area contributed by atoms with E-state index in [2.05, 4.69) is 21.2 Å². The maximum atomic E-state index is 12.5. The summed E-state index contributed by atoms with van der Waals surface area (Å²) in [4.78, 5) is 37.1. The largest absolute Gasteiger partial charge is 0.481 e. The number of hydrogen-bond acceptors (Lipinski definition) is 6. The molecule has 1 amide bonds. The van der Waals surface area contributed by atoms with Gasteiger partial charge in [0.1, 0.15) is 22.6 Å². The van der Waals surface area contributed by atoms with Crippen molar-refractivity contribution >= 4 is 38.8 Å². The van der Waals surface area contributed by atoms with Crippen molar-refractivity contribution in [1.29, 1.82) is 0 Å². The SMILES string of the molecule is Cc1ccc(OCC(=O)Oc2ccc3cc(C(=O)NCCc4ccccc4)c(=O)oc3c2)c(Br)c1. The third-order valence-electron chi connectivity index (χ3n) is 5.16. The molecule has 178 valence electrons. The predicted molar refractivity (Wildman–Crippen MR) is 135 cm³/mol. The van der Waals surface area contributed by atoms with Gasteiger partial charge >= 0.3 is 11.6 Å². The van der Waals surface area contributed by atoms with E-state index >= 15 is 0 Å². The fraction of sp³-hybridized carbons (Fsp3) is 0.148. The summed E-state index contributed by atoms with van der Waals surface area (Å²) in [5.74, 6) is -0.413. The van der Waals surface area contributed by atoms with Crippen LogP contribution in [0, 0.1) is 6.92 Å². The maximum Gasteiger partial charge on any atom is 0.349 e. The molecule has 3 aromatic carbocycles. The van der Waals surface area contributed by atoms with Gasteiger partial charge < -0.3 is 19.2 Å². The summed E-state index contributed by atoms with van der Waals surface area (Å²) in [5, 5.41) is 3.26. The molecule has 0 saturated carbocycles. The zero-order valence-corrected chi connectivity index (χ0v) is 20.5. The van der Waals surface area contributed by atoms with Gasteiger partial charge in [-0.3, -0.25) is 4.79 Å². The second kappa shape index (κ2) is 11.0. The number of aryl methyl sites for hydroxylation is 1. The van der Waals surface area contributed by atoms with E-state index < -0.39 is 17.5 Å². The average Bonchev–Trinajstić information content (AvgIpc) is 2.83. The molecule has 0 radical (unpaired) electrons. The second-order valence-electron chi connectivity index (χ2n) is 7.84. The van der Waals surface area contributed by atoms with Crippen LogP contribution in [-0.2, 0) is 11.2 Å². The van der Waals surface area contributed by atoms with Crippen molar-refractivity contribution < 1.29 is 23.5 Å². The number of nitrogens with one attached hydrogen (secondary N) is 1. The van der Waals surface area contributed by atoms with Gasteiger partial charge in [-0.15, -0.1) is 0 Å². The van der Waals surface area contributed by atoms with Gasteiger partial charge in [0.25, 0.3) is 5.91 Å². The van der Waals surface area contributed by atoms with Gasteiger partial charge in [0.2, 0.25) is 0 Å². The van der Waals surface area contributed by atoms with Crippen molar-refractivity contribution in [2.45, 2.75) is 13.3 Å². The molecule has 0 bridgehead atoms. The van der Waals surface area contributed by atoms with E-state index in [0.29, 0.717) is 24.1 Å². The molecule has 0 aliphatic carbocycles. The minimum atomic E-state index is -0.772. The Labute approximate surface area is 209 Å². The molecular weight excluding hydrogens is 514 g/mol. The standard InChI is InChI=1S/C27H22BrNO6/c1-17-7-10-23(22(28)13-17)33-16-25(30)34-20-9-8-19-14-21(27(32)35-24(19)15-20)26(31)29-12-11-18-5-3-2-4-6-18/h2-10,13-15H,11-12,16H2,1H3,(H,29,31). The van der Waals surface area contributed by atoms with Crippen LogP contribution in [0.5, 0.6) is 11.5 Å². The molecule has 4 aromatic rings. The highest BCUT2D eigenvalue weighted by Crippen LogP contribution is 2.26. The number of halogens is 1. The van der Waals surface area contributed by atoms with Crippen LogP contribution in [0.15, 0.2) is 86.5 Å². The van der Waals surface area contributed by atoms with E-state index in [-0.39, 0.29) is 23.5 Å². The summed E-state index contributed by atoms with van der Waals surface area (Å²) in [6.07, 6.45) is 0.644. The van der Waals surface area contributed by atoms with E-state index in [0.717, 1.165) is 15.6 Å². The normalized spacial score (nSPS) is 10.7. The molecule has 1 N–H and O–H groups in total. The van der Waals surface area contributed by atoms with Crippen LogP contribution in [0.3, 0.4) is 0 Å². The van der Waals surface area contributed by atoms with Crippen LogP contribution in [0.2, 0.25) is 0 Å². The van der Waals surface area contributed by atoms with Crippen LogP contribution in [0.1, 0.15) is 21.5 Å². The van der Waals surface area contributed by atoms with Crippen LogP contribution in [0.25, 0.3) is 11.0 Å². The molecule has 1 heterocycles. The Morgan fingerprint density at radius 3 is 2.57 bits per heavy atom. The van der Waals surface area contributed by atoms with Gasteiger partial charge in [-0.05, 0) is 70.7 Å². The molecule has 35 heavy (non-hydrogen) atoms. The third-order valence-corrected chi connectivity index (χ3v) is 5.78. The number of hydrogen-bond donors (Lipinski definition) is 1. The van der Waals surface area contributed by atoms with Gasteiger partial charge in [-0.2, -0.15) is 0 Å². The summed E-state index contributed by atoms with van der Waals surface area (Å²) >= 11 is 3.39. The highest BCUT2D eigenvalue weighted by molar-refractivity contribution is 9.10. The summed E-state index contributed by atoms with van der Waals surface area (Å²) in [6.45, 7) is 2.03. The molecule has 0 saturated heterocycles. The Kier molecular flexibility index (Phi) is 7.62. The predicted octanol–water partition coefficient (Wildman–Crippen LogP) is 4.82. The highest BCUT2D eigenvalue weighted by Gasteiger charge is 2.15. The molecule has 4 rings (SSSR count). The molecule has 8 heteroatoms. The first-order chi connectivity index (χ1) is 16.9. The minimum Gasteiger partial charge on any atom is -0.481 e. The third kappa shape index (κ3) is 6.36. The monoisotopic (exact) mass is 535 g/mol. The number of benzene rings is 3. The Bertz CT molecular complexity index is 1430. The number of carbonyl (C=O) groups is 2. The summed E-state index contributed by atoms with van der Waals surface area (Å²) in [6, 6.07) is 21.3. The fourth-order valence-corrected chi connectivity index (χ4v) is 4.00. The highest BCUT2D eigenvalue weighted by atomic mass is 79.9. The van der Waals surface area contributed by atoms with E-state index in [1.807, 2.05) is 49.4 Å². The number of rotatable bonds is 8. The van der Waals surface area contributed by atoms with E-state index in [1.165, 1.54) is 12.1 Å². The zero-order chi connectivity index (χ0) is 24.8. The molecule has 0 aliphatic heterocycles. The topological polar surface area (TPSA) is 94.8 Å². The molecule has 1 aromatic heterocycles. The Morgan fingerprint density at radius 1 is 1.00 bits per heavy atom. The number of esters is 1. The number of amides is 1. The molecular formula is C27H22BrNO6. The first-order valence-electron chi connectivity index (χ1n) is 10.9. The van der Waals surface area contributed by atoms with Crippen LogP contribution in [-0.4, -0.2) is 25.0 Å². The maximum absolute atomic E-state index is 12.5. The lowest BCUT2D eigenvalue weighted by atomic mass is 10.1. The van der Waals surface area contributed by atoms with Crippen molar-refractivity contribution in [1.82, 2.24) is 5.32 Å². The summed E-state index contributed by atoms with van der Waals surface area (Å²) in [5.41, 5.74) is 1.47. The number of carbonyl (C=O) groups excluding carboxylic acids is 2. The quantitative estimate of drug-likeness (QED) is 0.197. The lowest BCUT2D eigenvalue weighted by Crippen LogP contribution is -2.29. The smallest absolute Gasteiger partial charge is 0.349 e. The van der Waals surface area contributed by atoms with E-state index in [1.54, 1.807) is 18.2 Å². The van der Waals surface area contributed by atoms with Crippen LogP contribution >= 0.6 is 15.9 Å². The van der Waals surface area contributed by atoms with Crippen LogP contribution in [0.4, 0.5) is 0 Å². The fourth-order valence-electron chi connectivity index (χ4n) is 3.39. The van der Waals surface area contributed by atoms with Gasteiger partial charge in [0, 0.05) is 18.0 Å². The van der Waals surface area contributed by atoms with Gasteiger partial charge in [-0.1, -0.05) is 36.4 Å². The summed E-state index contributed by atoms with van der Waals surface area (Å²) < 4.78 is 16.8. The first kappa shape index (κ1) is 24.2. The number of ether oxygens (including phenoxy) is 2. The van der Waals surface area contributed by atoms with Gasteiger partial charge in [0.15, 0.2) is 6.61 Å². The average molecular weight is 536 g/mol. The molecule has 0 atom stereocenters. The molecule has 0 fully saturated rings. The van der Waals surface area contributed by atoms with E-state index in [4.69, 9.17) is 13.9 Å². The molecule has 0 spiro atoms. The minimum absolute atomic E-state index is 0.0904. The van der Waals surface area contributed by atoms with Gasteiger partial charge in [0.05, 0.1) is 4.47 Å². The summed E-state index contributed by atoms with van der Waals surface area (Å²) in [7, 11) is 0. The zero-order valence-electron chi connectivity index (χ0n) is 18.9. The number of fused-ring (bicyclic) bond motifs is 1. The Balaban J connectivity index is 1.38. The molecule has 0 aliphatic rings.